The number of likely N-dealkylation sites (tertiary alicyclic amines) is 1. The number of ether oxygens (including phenoxy) is 2. The number of nitrogens with zero attached hydrogens (tertiary/aromatic N) is 5. The molecule has 1 aromatic heterocycles. The average Bonchev–Trinajstić information content (AvgIpc) is 3.31. The SMILES string of the molecule is CC[C@@H]1C[C@H](N(Cc2cc(Cl)cc(C(F)(F)F)c2)c2ncc(N3CCOC3=O)cn2)CCN1C(=O)OC(C)C. The smallest absolute Gasteiger partial charge is 0.416 e. The van der Waals surface area contributed by atoms with Gasteiger partial charge in [0.25, 0.3) is 0 Å². The Morgan fingerprint density at radius 3 is 2.54 bits per heavy atom. The molecule has 212 valence electrons. The summed E-state index contributed by atoms with van der Waals surface area (Å²) in [6.45, 7) is 6.65. The number of hydrogen-bond donors (Lipinski definition) is 0. The highest BCUT2D eigenvalue weighted by molar-refractivity contribution is 6.30. The molecule has 0 aliphatic carbocycles. The van der Waals surface area contributed by atoms with Crippen molar-refractivity contribution in [2.75, 3.05) is 29.5 Å². The molecule has 2 amide bonds. The molecule has 9 nitrogen and oxygen atoms in total. The molecular formula is C26H31ClF3N5O4. The Balaban J connectivity index is 1.64. The molecule has 2 fully saturated rings. The van der Waals surface area contributed by atoms with Crippen LogP contribution < -0.4 is 9.80 Å². The minimum atomic E-state index is -4.55. The van der Waals surface area contributed by atoms with Crippen LogP contribution in [0, 0.1) is 0 Å². The minimum Gasteiger partial charge on any atom is -0.447 e. The fraction of sp³-hybridized carbons (Fsp3) is 0.538. The molecule has 0 bridgehead atoms. The van der Waals surface area contributed by atoms with Gasteiger partial charge in [-0.2, -0.15) is 13.2 Å². The van der Waals surface area contributed by atoms with E-state index in [1.807, 2.05) is 11.8 Å². The van der Waals surface area contributed by atoms with E-state index in [1.165, 1.54) is 23.4 Å². The van der Waals surface area contributed by atoms with Crippen LogP contribution >= 0.6 is 11.6 Å². The first-order valence-corrected chi connectivity index (χ1v) is 13.2. The predicted molar refractivity (Wildman–Crippen MR) is 139 cm³/mol. The number of alkyl halides is 3. The summed E-state index contributed by atoms with van der Waals surface area (Å²) >= 11 is 6.06. The summed E-state index contributed by atoms with van der Waals surface area (Å²) < 4.78 is 50.9. The van der Waals surface area contributed by atoms with Crippen LogP contribution in [0.1, 0.15) is 51.2 Å². The lowest BCUT2D eigenvalue weighted by Crippen LogP contribution is -2.52. The second-order valence-electron chi connectivity index (χ2n) is 9.85. The molecule has 2 atom stereocenters. The summed E-state index contributed by atoms with van der Waals surface area (Å²) in [4.78, 5) is 38.5. The summed E-state index contributed by atoms with van der Waals surface area (Å²) in [7, 11) is 0. The van der Waals surface area contributed by atoms with Crippen molar-refractivity contribution in [2.45, 2.75) is 70.9 Å². The van der Waals surface area contributed by atoms with Gasteiger partial charge in [-0.1, -0.05) is 18.5 Å². The number of amides is 2. The third-order valence-electron chi connectivity index (χ3n) is 6.76. The number of hydrogen-bond acceptors (Lipinski definition) is 7. The van der Waals surface area contributed by atoms with E-state index in [4.69, 9.17) is 21.1 Å². The van der Waals surface area contributed by atoms with Gasteiger partial charge in [0.2, 0.25) is 5.95 Å². The van der Waals surface area contributed by atoms with Crippen molar-refractivity contribution in [2.24, 2.45) is 0 Å². The van der Waals surface area contributed by atoms with Gasteiger partial charge in [-0.05, 0) is 56.9 Å². The van der Waals surface area contributed by atoms with Crippen LogP contribution in [0.25, 0.3) is 0 Å². The van der Waals surface area contributed by atoms with Crippen LogP contribution in [0.4, 0.5) is 34.4 Å². The maximum Gasteiger partial charge on any atom is 0.416 e. The Hall–Kier alpha value is -3.28. The van der Waals surface area contributed by atoms with E-state index >= 15 is 0 Å². The van der Waals surface area contributed by atoms with Crippen molar-refractivity contribution < 1.29 is 32.2 Å². The predicted octanol–water partition coefficient (Wildman–Crippen LogP) is 5.90. The molecule has 0 radical (unpaired) electrons. The first kappa shape index (κ1) is 28.7. The van der Waals surface area contributed by atoms with Crippen LogP contribution in [0.5, 0.6) is 0 Å². The van der Waals surface area contributed by atoms with Crippen molar-refractivity contribution in [1.82, 2.24) is 14.9 Å². The standard InChI is InChI=1S/C26H31ClF3N5O4/c1-4-20-12-21(5-6-33(20)25(37)39-16(2)3)35(15-17-9-18(26(28,29)30)11-19(27)10-17)23-31-13-22(14-32-23)34-7-8-38-24(34)36/h9-11,13-14,16,20-21H,4-8,12,15H2,1-3H3/t20-,21-/m1/s1. The zero-order valence-corrected chi connectivity index (χ0v) is 22.7. The van der Waals surface area contributed by atoms with E-state index in [-0.39, 0.29) is 48.4 Å². The molecule has 4 rings (SSSR count). The Bertz CT molecular complexity index is 1180. The van der Waals surface area contributed by atoms with Gasteiger partial charge >= 0.3 is 18.4 Å². The molecule has 2 aromatic rings. The van der Waals surface area contributed by atoms with Crippen LogP contribution in [-0.2, 0) is 22.2 Å². The number of carbonyl (C=O) groups is 2. The Labute approximate surface area is 229 Å². The molecule has 0 unspecified atom stereocenters. The van der Waals surface area contributed by atoms with E-state index in [2.05, 4.69) is 9.97 Å². The van der Waals surface area contributed by atoms with Gasteiger partial charge in [-0.3, -0.25) is 4.90 Å². The zero-order chi connectivity index (χ0) is 28.3. The van der Waals surface area contributed by atoms with E-state index in [9.17, 15) is 22.8 Å². The monoisotopic (exact) mass is 569 g/mol. The molecule has 3 heterocycles. The van der Waals surface area contributed by atoms with Gasteiger partial charge < -0.3 is 19.3 Å². The fourth-order valence-electron chi connectivity index (χ4n) is 4.90. The van der Waals surface area contributed by atoms with Crippen LogP contribution in [-0.4, -0.2) is 64.9 Å². The summed E-state index contributed by atoms with van der Waals surface area (Å²) in [6, 6.07) is 3.13. The lowest BCUT2D eigenvalue weighted by molar-refractivity contribution is -0.137. The topological polar surface area (TPSA) is 88.1 Å². The molecule has 39 heavy (non-hydrogen) atoms. The molecule has 2 aliphatic rings. The number of cyclic esters (lactones) is 1. The van der Waals surface area contributed by atoms with Gasteiger partial charge in [-0.25, -0.2) is 19.6 Å². The Kier molecular flexibility index (Phi) is 8.73. The molecule has 2 aliphatic heterocycles. The van der Waals surface area contributed by atoms with Crippen molar-refractivity contribution in [3.63, 3.8) is 0 Å². The second kappa shape index (κ2) is 11.8. The Morgan fingerprint density at radius 2 is 1.95 bits per heavy atom. The van der Waals surface area contributed by atoms with Gasteiger partial charge in [0.05, 0.1) is 36.3 Å². The van der Waals surface area contributed by atoms with Crippen LogP contribution in [0.3, 0.4) is 0 Å². The third-order valence-corrected chi connectivity index (χ3v) is 6.98. The van der Waals surface area contributed by atoms with Gasteiger partial charge in [0.15, 0.2) is 0 Å². The number of rotatable bonds is 7. The highest BCUT2D eigenvalue weighted by Crippen LogP contribution is 2.34. The molecule has 1 aromatic carbocycles. The van der Waals surface area contributed by atoms with Crippen molar-refractivity contribution in [3.05, 3.63) is 46.7 Å². The molecular weight excluding hydrogens is 539 g/mol. The highest BCUT2D eigenvalue weighted by atomic mass is 35.5. The summed E-state index contributed by atoms with van der Waals surface area (Å²) in [5.74, 6) is 0.290. The zero-order valence-electron chi connectivity index (χ0n) is 21.9. The van der Waals surface area contributed by atoms with Gasteiger partial charge in [0, 0.05) is 30.2 Å². The van der Waals surface area contributed by atoms with Gasteiger partial charge in [0.1, 0.15) is 6.61 Å². The lowest BCUT2D eigenvalue weighted by atomic mass is 9.94. The molecule has 0 N–H and O–H groups in total. The number of halogens is 4. The molecule has 0 spiro atoms. The summed E-state index contributed by atoms with van der Waals surface area (Å²) in [6.07, 6.45) is -0.958. The maximum atomic E-state index is 13.5. The number of benzene rings is 1. The largest absolute Gasteiger partial charge is 0.447 e. The normalized spacial score (nSPS) is 19.8. The van der Waals surface area contributed by atoms with Crippen molar-refractivity contribution in [3.8, 4) is 0 Å². The maximum absolute atomic E-state index is 13.5. The Morgan fingerprint density at radius 1 is 1.23 bits per heavy atom. The quantitative estimate of drug-likeness (QED) is 0.410. The average molecular weight is 570 g/mol. The fourth-order valence-corrected chi connectivity index (χ4v) is 5.16. The summed E-state index contributed by atoms with van der Waals surface area (Å²) in [5.41, 5.74) is -0.0345. The van der Waals surface area contributed by atoms with E-state index < -0.39 is 17.8 Å². The van der Waals surface area contributed by atoms with E-state index in [1.54, 1.807) is 18.7 Å². The third kappa shape index (κ3) is 6.84. The number of aromatic nitrogens is 2. The number of carbonyl (C=O) groups excluding carboxylic acids is 2. The van der Waals surface area contributed by atoms with E-state index in [0.717, 1.165) is 12.1 Å². The van der Waals surface area contributed by atoms with Crippen molar-refractivity contribution in [1.29, 1.82) is 0 Å². The summed E-state index contributed by atoms with van der Waals surface area (Å²) in [5, 5.41) is -0.0266. The lowest BCUT2D eigenvalue weighted by Gasteiger charge is -2.43. The second-order valence-corrected chi connectivity index (χ2v) is 10.3. The highest BCUT2D eigenvalue weighted by Gasteiger charge is 2.36. The van der Waals surface area contributed by atoms with E-state index in [0.29, 0.717) is 43.6 Å². The number of anilines is 2. The number of piperidine rings is 1. The van der Waals surface area contributed by atoms with Crippen molar-refractivity contribution >= 4 is 35.4 Å². The first-order valence-electron chi connectivity index (χ1n) is 12.8. The van der Waals surface area contributed by atoms with Crippen LogP contribution in [0.15, 0.2) is 30.6 Å². The minimum absolute atomic E-state index is 0.0266. The molecule has 0 saturated carbocycles. The molecule has 13 heteroatoms. The van der Waals surface area contributed by atoms with Gasteiger partial charge in [-0.15, -0.1) is 0 Å². The molecule has 2 saturated heterocycles. The van der Waals surface area contributed by atoms with Crippen LogP contribution in [0.2, 0.25) is 5.02 Å². The first-order chi connectivity index (χ1) is 18.5.